The molecule has 0 aromatic heterocycles. The molecule has 0 saturated heterocycles. The summed E-state index contributed by atoms with van der Waals surface area (Å²) in [6.45, 7) is 2.01. The first-order valence-electron chi connectivity index (χ1n) is 9.29. The van der Waals surface area contributed by atoms with Gasteiger partial charge in [-0.25, -0.2) is 9.59 Å². The van der Waals surface area contributed by atoms with E-state index in [4.69, 9.17) is 19.7 Å². The second kappa shape index (κ2) is 12.5. The maximum Gasteiger partial charge on any atom is 0.341 e. The van der Waals surface area contributed by atoms with Gasteiger partial charge in [0.2, 0.25) is 6.29 Å². The molecular formula is C20H26O8. The third-order valence-electron chi connectivity index (χ3n) is 3.91. The fourth-order valence-electron chi connectivity index (χ4n) is 2.42. The number of hydrogen-bond donors (Lipinski definition) is 2. The van der Waals surface area contributed by atoms with Crippen molar-refractivity contribution in [2.45, 2.75) is 64.6 Å². The minimum absolute atomic E-state index is 0.0257. The number of hydrogen-bond acceptors (Lipinski definition) is 6. The van der Waals surface area contributed by atoms with Gasteiger partial charge in [-0.2, -0.15) is 0 Å². The predicted octanol–water partition coefficient (Wildman–Crippen LogP) is 3.64. The lowest BCUT2D eigenvalue weighted by Gasteiger charge is -2.18. The topological polar surface area (TPSA) is 127 Å². The first-order valence-corrected chi connectivity index (χ1v) is 9.29. The third kappa shape index (κ3) is 9.16. The van der Waals surface area contributed by atoms with E-state index in [0.29, 0.717) is 25.7 Å². The molecule has 1 aromatic rings. The SMILES string of the molecule is CCCCCC(OC(=O)CCCCC(=O)O)OC(=O)c1cccc(C(=O)O)c1. The lowest BCUT2D eigenvalue weighted by atomic mass is 10.1. The Hall–Kier alpha value is -2.90. The highest BCUT2D eigenvalue weighted by Gasteiger charge is 2.20. The summed E-state index contributed by atoms with van der Waals surface area (Å²) in [6.07, 6.45) is 2.48. The van der Waals surface area contributed by atoms with Crippen LogP contribution in [0.2, 0.25) is 0 Å². The number of carbonyl (C=O) groups is 4. The molecule has 28 heavy (non-hydrogen) atoms. The average molecular weight is 394 g/mol. The zero-order valence-electron chi connectivity index (χ0n) is 15.9. The van der Waals surface area contributed by atoms with Crippen LogP contribution in [0.1, 0.15) is 79.0 Å². The molecule has 0 bridgehead atoms. The summed E-state index contributed by atoms with van der Waals surface area (Å²) >= 11 is 0. The van der Waals surface area contributed by atoms with Crippen LogP contribution in [0.5, 0.6) is 0 Å². The summed E-state index contributed by atoms with van der Waals surface area (Å²) in [5, 5.41) is 17.6. The van der Waals surface area contributed by atoms with Crippen LogP contribution >= 0.6 is 0 Å². The van der Waals surface area contributed by atoms with Crippen molar-refractivity contribution in [3.63, 3.8) is 0 Å². The lowest BCUT2D eigenvalue weighted by molar-refractivity contribution is -0.170. The fourth-order valence-corrected chi connectivity index (χ4v) is 2.42. The van der Waals surface area contributed by atoms with Crippen molar-refractivity contribution in [1.29, 1.82) is 0 Å². The van der Waals surface area contributed by atoms with E-state index in [1.807, 2.05) is 6.92 Å². The summed E-state index contributed by atoms with van der Waals surface area (Å²) in [5.41, 5.74) is 0.00491. The molecule has 154 valence electrons. The Bertz CT molecular complexity index is 683. The molecule has 1 rings (SSSR count). The minimum Gasteiger partial charge on any atom is -0.481 e. The van der Waals surface area contributed by atoms with Crippen LogP contribution in [0.3, 0.4) is 0 Å². The Kier molecular flexibility index (Phi) is 10.3. The van der Waals surface area contributed by atoms with Gasteiger partial charge in [-0.15, -0.1) is 0 Å². The van der Waals surface area contributed by atoms with E-state index in [-0.39, 0.29) is 24.0 Å². The van der Waals surface area contributed by atoms with Crippen LogP contribution in [0, 0.1) is 0 Å². The van der Waals surface area contributed by atoms with Crippen LogP contribution in [0.25, 0.3) is 0 Å². The average Bonchev–Trinajstić information content (AvgIpc) is 2.65. The largest absolute Gasteiger partial charge is 0.481 e. The van der Waals surface area contributed by atoms with Crippen LogP contribution < -0.4 is 0 Å². The first kappa shape index (κ1) is 23.1. The number of rotatable bonds is 13. The zero-order valence-corrected chi connectivity index (χ0v) is 15.9. The molecule has 0 spiro atoms. The van der Waals surface area contributed by atoms with E-state index in [9.17, 15) is 19.2 Å². The van der Waals surface area contributed by atoms with Crippen molar-refractivity contribution in [1.82, 2.24) is 0 Å². The maximum atomic E-state index is 12.3. The van der Waals surface area contributed by atoms with Gasteiger partial charge in [0.05, 0.1) is 11.1 Å². The Morgan fingerprint density at radius 3 is 2.25 bits per heavy atom. The molecule has 0 saturated carbocycles. The van der Waals surface area contributed by atoms with Gasteiger partial charge in [0.1, 0.15) is 0 Å². The highest BCUT2D eigenvalue weighted by atomic mass is 16.7. The van der Waals surface area contributed by atoms with Gasteiger partial charge < -0.3 is 19.7 Å². The van der Waals surface area contributed by atoms with Crippen molar-refractivity contribution >= 4 is 23.9 Å². The molecule has 0 aliphatic rings. The van der Waals surface area contributed by atoms with Crippen molar-refractivity contribution in [2.24, 2.45) is 0 Å². The van der Waals surface area contributed by atoms with E-state index in [0.717, 1.165) is 12.8 Å². The summed E-state index contributed by atoms with van der Waals surface area (Å²) in [4.78, 5) is 45.8. The van der Waals surface area contributed by atoms with Crippen LogP contribution in [0.15, 0.2) is 24.3 Å². The van der Waals surface area contributed by atoms with Crippen molar-refractivity contribution < 1.29 is 38.9 Å². The smallest absolute Gasteiger partial charge is 0.341 e. The summed E-state index contributed by atoms with van der Waals surface area (Å²) in [7, 11) is 0. The van der Waals surface area contributed by atoms with Crippen molar-refractivity contribution in [3.05, 3.63) is 35.4 Å². The molecule has 1 unspecified atom stereocenters. The molecule has 0 heterocycles. The standard InChI is InChI=1S/C20H26O8/c1-2-3-4-12-18(27-17(23)11-6-5-10-16(21)22)28-20(26)15-9-7-8-14(13-15)19(24)25/h7-9,13,18H,2-6,10-12H2,1H3,(H,21,22)(H,24,25). The number of unbranched alkanes of at least 4 members (excludes halogenated alkanes) is 3. The van der Waals surface area contributed by atoms with Gasteiger partial charge in [-0.05, 0) is 37.5 Å². The first-order chi connectivity index (χ1) is 13.3. The van der Waals surface area contributed by atoms with Crippen LogP contribution in [-0.4, -0.2) is 40.4 Å². The number of aliphatic carboxylic acids is 1. The quantitative estimate of drug-likeness (QED) is 0.295. The summed E-state index contributed by atoms with van der Waals surface area (Å²) < 4.78 is 10.5. The fraction of sp³-hybridized carbons (Fsp3) is 0.500. The maximum absolute atomic E-state index is 12.3. The Balaban J connectivity index is 2.66. The van der Waals surface area contributed by atoms with Gasteiger partial charge in [0, 0.05) is 19.3 Å². The van der Waals surface area contributed by atoms with Gasteiger partial charge in [-0.1, -0.05) is 25.8 Å². The molecule has 0 aliphatic carbocycles. The van der Waals surface area contributed by atoms with Crippen LogP contribution in [0.4, 0.5) is 0 Å². The second-order valence-electron chi connectivity index (χ2n) is 6.31. The number of ether oxygens (including phenoxy) is 2. The Morgan fingerprint density at radius 1 is 0.929 bits per heavy atom. The number of carboxylic acids is 2. The van der Waals surface area contributed by atoms with Gasteiger partial charge >= 0.3 is 23.9 Å². The monoisotopic (exact) mass is 394 g/mol. The number of esters is 2. The van der Waals surface area contributed by atoms with Crippen LogP contribution in [-0.2, 0) is 19.1 Å². The summed E-state index contributed by atoms with van der Waals surface area (Å²) in [5.74, 6) is -3.44. The molecular weight excluding hydrogens is 368 g/mol. The van der Waals surface area contributed by atoms with Crippen molar-refractivity contribution in [2.75, 3.05) is 0 Å². The van der Waals surface area contributed by atoms with E-state index in [2.05, 4.69) is 0 Å². The molecule has 0 radical (unpaired) electrons. The zero-order chi connectivity index (χ0) is 20.9. The molecule has 0 amide bonds. The number of carboxylic acid groups (broad SMARTS) is 2. The molecule has 1 atom stereocenters. The molecule has 1 aromatic carbocycles. The molecule has 8 heteroatoms. The molecule has 2 N–H and O–H groups in total. The number of carbonyl (C=O) groups excluding carboxylic acids is 2. The normalized spacial score (nSPS) is 11.5. The van der Waals surface area contributed by atoms with E-state index in [1.165, 1.54) is 24.3 Å². The molecule has 0 fully saturated rings. The highest BCUT2D eigenvalue weighted by Crippen LogP contribution is 2.14. The van der Waals surface area contributed by atoms with E-state index >= 15 is 0 Å². The molecule has 0 aliphatic heterocycles. The van der Waals surface area contributed by atoms with E-state index < -0.39 is 30.2 Å². The summed E-state index contributed by atoms with van der Waals surface area (Å²) in [6, 6.07) is 5.41. The van der Waals surface area contributed by atoms with Gasteiger partial charge in [0.25, 0.3) is 0 Å². The second-order valence-corrected chi connectivity index (χ2v) is 6.31. The van der Waals surface area contributed by atoms with Gasteiger partial charge in [-0.3, -0.25) is 9.59 Å². The predicted molar refractivity (Wildman–Crippen MR) is 98.9 cm³/mol. The lowest BCUT2D eigenvalue weighted by Crippen LogP contribution is -2.25. The number of aromatic carboxylic acids is 1. The van der Waals surface area contributed by atoms with Gasteiger partial charge in [0.15, 0.2) is 0 Å². The molecule has 8 nitrogen and oxygen atoms in total. The Morgan fingerprint density at radius 2 is 1.61 bits per heavy atom. The highest BCUT2D eigenvalue weighted by molar-refractivity contribution is 5.94. The minimum atomic E-state index is -1.16. The number of benzene rings is 1. The Labute approximate surface area is 163 Å². The third-order valence-corrected chi connectivity index (χ3v) is 3.91. The van der Waals surface area contributed by atoms with E-state index in [1.54, 1.807) is 0 Å². The van der Waals surface area contributed by atoms with Crippen molar-refractivity contribution in [3.8, 4) is 0 Å².